The van der Waals surface area contributed by atoms with Gasteiger partial charge in [0.1, 0.15) is 23.5 Å². The molecule has 174 valence electrons. The van der Waals surface area contributed by atoms with Gasteiger partial charge in [0.15, 0.2) is 0 Å². The smallest absolute Gasteiger partial charge is 0.407 e. The highest BCUT2D eigenvalue weighted by Gasteiger charge is 2.36. The van der Waals surface area contributed by atoms with Gasteiger partial charge in [-0.1, -0.05) is 0 Å². The lowest BCUT2D eigenvalue weighted by atomic mass is 10.1. The predicted octanol–water partition coefficient (Wildman–Crippen LogP) is 1.75. The fraction of sp³-hybridized carbons (Fsp3) is 0.545. The number of carboxylic acid groups (broad SMARTS) is 1. The highest BCUT2D eigenvalue weighted by molar-refractivity contribution is 6.01. The third-order valence-electron chi connectivity index (χ3n) is 5.37. The van der Waals surface area contributed by atoms with Crippen molar-refractivity contribution in [1.29, 1.82) is 0 Å². The average molecular weight is 447 g/mol. The molecule has 10 nitrogen and oxygen atoms in total. The molecule has 2 aliphatic heterocycles. The minimum absolute atomic E-state index is 0.0406. The number of primary amides is 1. The number of fused-ring (bicyclic) bond motifs is 1. The maximum Gasteiger partial charge on any atom is 0.407 e. The molecule has 2 aliphatic rings. The van der Waals surface area contributed by atoms with Crippen LogP contribution >= 0.6 is 0 Å². The third-order valence-corrected chi connectivity index (χ3v) is 5.37. The van der Waals surface area contributed by atoms with Crippen molar-refractivity contribution < 1.29 is 33.8 Å². The van der Waals surface area contributed by atoms with E-state index in [1.807, 2.05) is 0 Å². The van der Waals surface area contributed by atoms with E-state index in [0.717, 1.165) is 0 Å². The number of carbonyl (C=O) groups is 4. The first kappa shape index (κ1) is 23.4. The van der Waals surface area contributed by atoms with Crippen LogP contribution in [-0.4, -0.2) is 69.6 Å². The van der Waals surface area contributed by atoms with Crippen molar-refractivity contribution >= 4 is 23.9 Å². The van der Waals surface area contributed by atoms with Crippen molar-refractivity contribution in [2.24, 2.45) is 5.73 Å². The zero-order valence-corrected chi connectivity index (χ0v) is 18.5. The van der Waals surface area contributed by atoms with Crippen LogP contribution in [0.4, 0.5) is 4.79 Å². The summed E-state index contributed by atoms with van der Waals surface area (Å²) in [6, 6.07) is 4.07. The van der Waals surface area contributed by atoms with E-state index in [9.17, 15) is 19.2 Å². The van der Waals surface area contributed by atoms with Crippen LogP contribution in [0.5, 0.6) is 5.75 Å². The number of carbonyl (C=O) groups excluding carboxylic acids is 3. The number of hydrogen-bond acceptors (Lipinski definition) is 6. The Hall–Kier alpha value is -3.30. The molecule has 0 aliphatic carbocycles. The summed E-state index contributed by atoms with van der Waals surface area (Å²) >= 11 is 0. The standard InChI is InChI=1S/C22H29N3O7/c1-22(2,3)32-18(26)7-6-17(19(23)27)25-11-13-10-14(4-5-16(13)20(25)28)31-15-8-9-24(12-15)21(29)30/h4-5,10,15,17H,6-9,11-12H2,1-3H3,(H2,23,27)(H,29,30). The molecule has 1 aromatic carbocycles. The summed E-state index contributed by atoms with van der Waals surface area (Å²) in [7, 11) is 0. The van der Waals surface area contributed by atoms with Crippen LogP contribution in [0, 0.1) is 0 Å². The van der Waals surface area contributed by atoms with Crippen molar-refractivity contribution in [1.82, 2.24) is 9.80 Å². The second kappa shape index (κ2) is 9.05. The predicted molar refractivity (Wildman–Crippen MR) is 113 cm³/mol. The van der Waals surface area contributed by atoms with Gasteiger partial charge in [-0.15, -0.1) is 0 Å². The van der Waals surface area contributed by atoms with E-state index in [1.54, 1.807) is 39.0 Å². The Balaban J connectivity index is 1.65. The number of likely N-dealkylation sites (tertiary alicyclic amines) is 1. The van der Waals surface area contributed by atoms with E-state index in [1.165, 1.54) is 9.80 Å². The number of esters is 1. The Bertz CT molecular complexity index is 925. The van der Waals surface area contributed by atoms with Crippen molar-refractivity contribution in [3.05, 3.63) is 29.3 Å². The number of nitrogens with two attached hydrogens (primary N) is 1. The molecule has 3 amide bonds. The van der Waals surface area contributed by atoms with Gasteiger partial charge in [0.05, 0.1) is 6.54 Å². The van der Waals surface area contributed by atoms with E-state index in [0.29, 0.717) is 29.8 Å². The normalized spacial score (nSPS) is 19.0. The van der Waals surface area contributed by atoms with Gasteiger partial charge >= 0.3 is 12.1 Å². The third kappa shape index (κ3) is 5.49. The number of ether oxygens (including phenoxy) is 2. The SMILES string of the molecule is CC(C)(C)OC(=O)CCC(C(N)=O)N1Cc2cc(OC3CCN(C(=O)O)C3)ccc2C1=O. The Kier molecular flexibility index (Phi) is 6.61. The van der Waals surface area contributed by atoms with Gasteiger partial charge in [-0.05, 0) is 51.0 Å². The summed E-state index contributed by atoms with van der Waals surface area (Å²) in [6.45, 7) is 6.12. The van der Waals surface area contributed by atoms with Gasteiger partial charge in [0.25, 0.3) is 5.91 Å². The Morgan fingerprint density at radius 3 is 2.59 bits per heavy atom. The lowest BCUT2D eigenvalue weighted by Gasteiger charge is -2.25. The number of amides is 3. The van der Waals surface area contributed by atoms with E-state index >= 15 is 0 Å². The summed E-state index contributed by atoms with van der Waals surface area (Å²) in [6.07, 6.45) is -0.621. The molecule has 0 saturated carbocycles. The van der Waals surface area contributed by atoms with Crippen LogP contribution in [-0.2, 0) is 20.9 Å². The number of benzene rings is 1. The van der Waals surface area contributed by atoms with Gasteiger partial charge in [-0.2, -0.15) is 0 Å². The number of hydrogen-bond donors (Lipinski definition) is 2. The fourth-order valence-electron chi connectivity index (χ4n) is 3.93. The molecule has 2 unspecified atom stereocenters. The van der Waals surface area contributed by atoms with Crippen molar-refractivity contribution in [3.8, 4) is 5.75 Å². The molecule has 3 rings (SSSR count). The van der Waals surface area contributed by atoms with Crippen LogP contribution in [0.3, 0.4) is 0 Å². The Morgan fingerprint density at radius 1 is 1.28 bits per heavy atom. The van der Waals surface area contributed by atoms with Crippen molar-refractivity contribution in [2.45, 2.75) is 64.3 Å². The first-order valence-corrected chi connectivity index (χ1v) is 10.5. The molecule has 1 saturated heterocycles. The van der Waals surface area contributed by atoms with Gasteiger partial charge < -0.3 is 30.1 Å². The maximum atomic E-state index is 12.9. The van der Waals surface area contributed by atoms with Crippen LogP contribution < -0.4 is 10.5 Å². The quantitative estimate of drug-likeness (QED) is 0.607. The highest BCUT2D eigenvalue weighted by atomic mass is 16.6. The molecule has 0 aromatic heterocycles. The first-order valence-electron chi connectivity index (χ1n) is 10.5. The monoisotopic (exact) mass is 447 g/mol. The summed E-state index contributed by atoms with van der Waals surface area (Å²) in [4.78, 5) is 50.7. The largest absolute Gasteiger partial charge is 0.489 e. The highest BCUT2D eigenvalue weighted by Crippen LogP contribution is 2.30. The molecule has 0 spiro atoms. The van der Waals surface area contributed by atoms with Gasteiger partial charge in [-0.25, -0.2) is 4.79 Å². The van der Waals surface area contributed by atoms with E-state index in [4.69, 9.17) is 20.3 Å². The molecular weight excluding hydrogens is 418 g/mol. The molecule has 1 fully saturated rings. The molecule has 2 atom stereocenters. The van der Waals surface area contributed by atoms with Crippen LogP contribution in [0.1, 0.15) is 56.0 Å². The van der Waals surface area contributed by atoms with Crippen LogP contribution in [0.25, 0.3) is 0 Å². The summed E-state index contributed by atoms with van der Waals surface area (Å²) in [5, 5.41) is 9.07. The molecular formula is C22H29N3O7. The van der Waals surface area contributed by atoms with Crippen LogP contribution in [0.2, 0.25) is 0 Å². The van der Waals surface area contributed by atoms with Crippen molar-refractivity contribution in [2.75, 3.05) is 13.1 Å². The van der Waals surface area contributed by atoms with Gasteiger partial charge in [0.2, 0.25) is 5.91 Å². The van der Waals surface area contributed by atoms with Gasteiger partial charge in [0, 0.05) is 31.5 Å². The molecule has 1 aromatic rings. The lowest BCUT2D eigenvalue weighted by Crippen LogP contribution is -2.45. The first-order chi connectivity index (χ1) is 14.9. The second-order valence-electron chi connectivity index (χ2n) is 9.05. The topological polar surface area (TPSA) is 139 Å². The Morgan fingerprint density at radius 2 is 2.00 bits per heavy atom. The molecule has 10 heteroatoms. The number of rotatable bonds is 7. The van der Waals surface area contributed by atoms with Gasteiger partial charge in [-0.3, -0.25) is 14.4 Å². The van der Waals surface area contributed by atoms with Crippen molar-refractivity contribution in [3.63, 3.8) is 0 Å². The summed E-state index contributed by atoms with van der Waals surface area (Å²) in [5.41, 5.74) is 6.03. The number of nitrogens with zero attached hydrogens (tertiary/aromatic N) is 2. The summed E-state index contributed by atoms with van der Waals surface area (Å²) in [5.74, 6) is -0.959. The van der Waals surface area contributed by atoms with E-state index < -0.39 is 29.6 Å². The van der Waals surface area contributed by atoms with Crippen LogP contribution in [0.15, 0.2) is 18.2 Å². The van der Waals surface area contributed by atoms with E-state index in [2.05, 4.69) is 0 Å². The zero-order chi connectivity index (χ0) is 23.6. The molecule has 32 heavy (non-hydrogen) atoms. The zero-order valence-electron chi connectivity index (χ0n) is 18.5. The lowest BCUT2D eigenvalue weighted by molar-refractivity contribution is -0.155. The minimum atomic E-state index is -0.977. The second-order valence-corrected chi connectivity index (χ2v) is 9.05. The fourth-order valence-corrected chi connectivity index (χ4v) is 3.93. The molecule has 0 bridgehead atoms. The summed E-state index contributed by atoms with van der Waals surface area (Å²) < 4.78 is 11.2. The maximum absolute atomic E-state index is 12.9. The van der Waals surface area contributed by atoms with E-state index in [-0.39, 0.29) is 37.9 Å². The Labute approximate surface area is 186 Å². The molecule has 3 N–H and O–H groups in total. The average Bonchev–Trinajstić information content (AvgIpc) is 3.25. The molecule has 0 radical (unpaired) electrons. The molecule has 2 heterocycles. The minimum Gasteiger partial charge on any atom is -0.489 e.